The maximum absolute atomic E-state index is 11.8. The van der Waals surface area contributed by atoms with E-state index in [2.05, 4.69) is 21.2 Å². The summed E-state index contributed by atoms with van der Waals surface area (Å²) in [6.07, 6.45) is 1.46. The highest BCUT2D eigenvalue weighted by Gasteiger charge is 2.11. The van der Waals surface area contributed by atoms with Crippen LogP contribution in [0.15, 0.2) is 22.7 Å². The molecule has 5 heteroatoms. The van der Waals surface area contributed by atoms with E-state index in [4.69, 9.17) is 9.84 Å². The lowest BCUT2D eigenvalue weighted by atomic mass is 10.2. The SMILES string of the molecule is COc1cc(Br)ccc1C(=O)NCCCCO. The Hall–Kier alpha value is -1.07. The fraction of sp³-hybridized carbons (Fsp3) is 0.417. The summed E-state index contributed by atoms with van der Waals surface area (Å²) in [7, 11) is 1.53. The molecule has 2 N–H and O–H groups in total. The summed E-state index contributed by atoms with van der Waals surface area (Å²) < 4.78 is 6.01. The minimum atomic E-state index is -0.160. The standard InChI is InChI=1S/C12H16BrNO3/c1-17-11-8-9(13)4-5-10(11)12(16)14-6-2-3-7-15/h4-5,8,15H,2-3,6-7H2,1H3,(H,14,16). The van der Waals surface area contributed by atoms with Crippen LogP contribution in [0.25, 0.3) is 0 Å². The molecule has 94 valence electrons. The summed E-state index contributed by atoms with van der Waals surface area (Å²) in [4.78, 5) is 11.8. The predicted molar refractivity (Wildman–Crippen MR) is 69.3 cm³/mol. The van der Waals surface area contributed by atoms with Gasteiger partial charge >= 0.3 is 0 Å². The van der Waals surface area contributed by atoms with Crippen molar-refractivity contribution < 1.29 is 14.6 Å². The van der Waals surface area contributed by atoms with Crippen LogP contribution in [0.4, 0.5) is 0 Å². The third-order valence-corrected chi connectivity index (χ3v) is 2.77. The Morgan fingerprint density at radius 3 is 2.88 bits per heavy atom. The Morgan fingerprint density at radius 1 is 1.47 bits per heavy atom. The molecule has 0 aromatic heterocycles. The molecule has 17 heavy (non-hydrogen) atoms. The molecule has 0 spiro atoms. The maximum atomic E-state index is 11.8. The molecule has 0 aliphatic carbocycles. The van der Waals surface area contributed by atoms with Crippen molar-refractivity contribution in [2.75, 3.05) is 20.3 Å². The first-order chi connectivity index (χ1) is 8.19. The number of carbonyl (C=O) groups excluding carboxylic acids is 1. The van der Waals surface area contributed by atoms with Crippen LogP contribution in [0, 0.1) is 0 Å². The van der Waals surface area contributed by atoms with Gasteiger partial charge in [0.25, 0.3) is 5.91 Å². The average molecular weight is 302 g/mol. The molecular weight excluding hydrogens is 286 g/mol. The molecule has 0 saturated carbocycles. The van der Waals surface area contributed by atoms with Gasteiger partial charge in [-0.3, -0.25) is 4.79 Å². The number of methoxy groups -OCH3 is 1. The Bertz CT molecular complexity index is 382. The van der Waals surface area contributed by atoms with Crippen LogP contribution in [0.1, 0.15) is 23.2 Å². The van der Waals surface area contributed by atoms with Crippen LogP contribution in [0.3, 0.4) is 0 Å². The van der Waals surface area contributed by atoms with E-state index < -0.39 is 0 Å². The van der Waals surface area contributed by atoms with Crippen LogP contribution in [0.5, 0.6) is 5.75 Å². The molecule has 0 aliphatic heterocycles. The number of hydrogen-bond acceptors (Lipinski definition) is 3. The van der Waals surface area contributed by atoms with Gasteiger partial charge in [-0.25, -0.2) is 0 Å². The van der Waals surface area contributed by atoms with Crippen LogP contribution in [-0.2, 0) is 0 Å². The predicted octanol–water partition coefficient (Wildman–Crippen LogP) is 1.96. The molecule has 0 fully saturated rings. The second kappa shape index (κ2) is 7.29. The van der Waals surface area contributed by atoms with E-state index in [0.29, 0.717) is 24.3 Å². The van der Waals surface area contributed by atoms with Crippen LogP contribution >= 0.6 is 15.9 Å². The van der Waals surface area contributed by atoms with Crippen LogP contribution < -0.4 is 10.1 Å². The number of aliphatic hydroxyl groups is 1. The molecule has 0 unspecified atom stereocenters. The van der Waals surface area contributed by atoms with Crippen molar-refractivity contribution in [2.24, 2.45) is 0 Å². The van der Waals surface area contributed by atoms with Crippen molar-refractivity contribution in [3.8, 4) is 5.75 Å². The largest absolute Gasteiger partial charge is 0.496 e. The molecule has 1 aromatic rings. The Balaban J connectivity index is 2.62. The van der Waals surface area contributed by atoms with Gasteiger partial charge in [-0.05, 0) is 31.0 Å². The Kier molecular flexibility index (Phi) is 6.00. The van der Waals surface area contributed by atoms with E-state index >= 15 is 0 Å². The first-order valence-electron chi connectivity index (χ1n) is 5.41. The first kappa shape index (κ1) is 14.0. The molecule has 0 bridgehead atoms. The van der Waals surface area contributed by atoms with Gasteiger partial charge in [-0.15, -0.1) is 0 Å². The molecule has 0 saturated heterocycles. The number of carbonyl (C=O) groups is 1. The zero-order valence-corrected chi connectivity index (χ0v) is 11.3. The number of hydrogen-bond donors (Lipinski definition) is 2. The normalized spacial score (nSPS) is 10.1. The molecular formula is C12H16BrNO3. The van der Waals surface area contributed by atoms with E-state index in [-0.39, 0.29) is 12.5 Å². The molecule has 0 atom stereocenters. The van der Waals surface area contributed by atoms with Gasteiger partial charge < -0.3 is 15.2 Å². The number of amides is 1. The molecule has 1 rings (SSSR count). The van der Waals surface area contributed by atoms with Gasteiger partial charge in [-0.1, -0.05) is 15.9 Å². The molecule has 4 nitrogen and oxygen atoms in total. The van der Waals surface area contributed by atoms with E-state index in [1.54, 1.807) is 18.2 Å². The van der Waals surface area contributed by atoms with Crippen molar-refractivity contribution in [3.05, 3.63) is 28.2 Å². The maximum Gasteiger partial charge on any atom is 0.255 e. The molecule has 0 heterocycles. The highest BCUT2D eigenvalue weighted by atomic mass is 79.9. The number of ether oxygens (including phenoxy) is 1. The highest BCUT2D eigenvalue weighted by molar-refractivity contribution is 9.10. The summed E-state index contributed by atoms with van der Waals surface area (Å²) in [5, 5.41) is 11.4. The molecule has 0 radical (unpaired) electrons. The number of rotatable bonds is 6. The van der Waals surface area contributed by atoms with Crippen molar-refractivity contribution in [1.29, 1.82) is 0 Å². The number of halogens is 1. The number of unbranched alkanes of at least 4 members (excludes halogenated alkanes) is 1. The van der Waals surface area contributed by atoms with E-state index in [0.717, 1.165) is 10.9 Å². The summed E-state index contributed by atoms with van der Waals surface area (Å²) in [5.74, 6) is 0.381. The van der Waals surface area contributed by atoms with E-state index in [1.165, 1.54) is 7.11 Å². The molecule has 1 aromatic carbocycles. The minimum Gasteiger partial charge on any atom is -0.496 e. The first-order valence-corrected chi connectivity index (χ1v) is 6.21. The highest BCUT2D eigenvalue weighted by Crippen LogP contribution is 2.23. The number of aliphatic hydroxyl groups excluding tert-OH is 1. The van der Waals surface area contributed by atoms with Crippen molar-refractivity contribution in [1.82, 2.24) is 5.32 Å². The monoisotopic (exact) mass is 301 g/mol. The molecule has 1 amide bonds. The Labute approximate surface area is 109 Å². The van der Waals surface area contributed by atoms with Gasteiger partial charge in [0.1, 0.15) is 5.75 Å². The lowest BCUT2D eigenvalue weighted by Crippen LogP contribution is -2.25. The van der Waals surface area contributed by atoms with Crippen LogP contribution in [-0.4, -0.2) is 31.3 Å². The zero-order valence-electron chi connectivity index (χ0n) is 9.70. The van der Waals surface area contributed by atoms with Crippen molar-refractivity contribution in [2.45, 2.75) is 12.8 Å². The lowest BCUT2D eigenvalue weighted by Gasteiger charge is -2.09. The van der Waals surface area contributed by atoms with E-state index in [1.807, 2.05) is 0 Å². The fourth-order valence-corrected chi connectivity index (χ4v) is 1.73. The lowest BCUT2D eigenvalue weighted by molar-refractivity contribution is 0.0949. The topological polar surface area (TPSA) is 58.6 Å². The fourth-order valence-electron chi connectivity index (χ4n) is 1.39. The van der Waals surface area contributed by atoms with Crippen LogP contribution in [0.2, 0.25) is 0 Å². The Morgan fingerprint density at radius 2 is 2.24 bits per heavy atom. The van der Waals surface area contributed by atoms with Gasteiger partial charge in [0.05, 0.1) is 12.7 Å². The second-order valence-electron chi connectivity index (χ2n) is 3.53. The minimum absolute atomic E-state index is 0.150. The number of nitrogens with one attached hydrogen (secondary N) is 1. The van der Waals surface area contributed by atoms with Crippen molar-refractivity contribution >= 4 is 21.8 Å². The quantitative estimate of drug-likeness (QED) is 0.790. The zero-order chi connectivity index (χ0) is 12.7. The summed E-state index contributed by atoms with van der Waals surface area (Å²) in [6.45, 7) is 0.704. The van der Waals surface area contributed by atoms with E-state index in [9.17, 15) is 4.79 Å². The van der Waals surface area contributed by atoms with Gasteiger partial charge in [0, 0.05) is 17.6 Å². The average Bonchev–Trinajstić information content (AvgIpc) is 2.34. The molecule has 0 aliphatic rings. The summed E-state index contributed by atoms with van der Waals surface area (Å²) in [5.41, 5.74) is 0.514. The summed E-state index contributed by atoms with van der Waals surface area (Å²) >= 11 is 3.32. The number of benzene rings is 1. The summed E-state index contributed by atoms with van der Waals surface area (Å²) in [6, 6.07) is 5.26. The van der Waals surface area contributed by atoms with Gasteiger partial charge in [-0.2, -0.15) is 0 Å². The van der Waals surface area contributed by atoms with Gasteiger partial charge in [0.15, 0.2) is 0 Å². The smallest absolute Gasteiger partial charge is 0.255 e. The van der Waals surface area contributed by atoms with Crippen molar-refractivity contribution in [3.63, 3.8) is 0 Å². The van der Waals surface area contributed by atoms with Gasteiger partial charge in [0.2, 0.25) is 0 Å². The second-order valence-corrected chi connectivity index (χ2v) is 4.45. The third kappa shape index (κ3) is 4.36. The third-order valence-electron chi connectivity index (χ3n) is 2.28.